The van der Waals surface area contributed by atoms with Crippen LogP contribution in [0.3, 0.4) is 0 Å². The predicted octanol–water partition coefficient (Wildman–Crippen LogP) is 6.40. The van der Waals surface area contributed by atoms with Crippen LogP contribution in [0.5, 0.6) is 11.5 Å². The van der Waals surface area contributed by atoms with E-state index in [2.05, 4.69) is 86.0 Å². The maximum absolute atomic E-state index is 12.3. The number of nitrogens with zero attached hydrogens (tertiary/aromatic N) is 1. The molecule has 0 spiro atoms. The van der Waals surface area contributed by atoms with E-state index in [-0.39, 0.29) is 5.91 Å². The molecule has 5 nitrogen and oxygen atoms in total. The first-order valence-corrected chi connectivity index (χ1v) is 12.3. The molecular formula is C26H20I2N2O3. The van der Waals surface area contributed by atoms with E-state index in [1.54, 1.807) is 37.6 Å². The van der Waals surface area contributed by atoms with Crippen LogP contribution in [0.4, 0.5) is 0 Å². The van der Waals surface area contributed by atoms with Crippen molar-refractivity contribution in [3.05, 3.63) is 103 Å². The van der Waals surface area contributed by atoms with E-state index >= 15 is 0 Å². The molecule has 4 rings (SSSR count). The van der Waals surface area contributed by atoms with Crippen LogP contribution in [0, 0.1) is 7.14 Å². The molecule has 0 heterocycles. The van der Waals surface area contributed by atoms with E-state index in [9.17, 15) is 4.79 Å². The number of methoxy groups -OCH3 is 1. The zero-order chi connectivity index (χ0) is 23.2. The Morgan fingerprint density at radius 3 is 2.48 bits per heavy atom. The lowest BCUT2D eigenvalue weighted by atomic mass is 10.1. The number of halogens is 2. The topological polar surface area (TPSA) is 59.9 Å². The monoisotopic (exact) mass is 662 g/mol. The van der Waals surface area contributed by atoms with Gasteiger partial charge in [-0.25, -0.2) is 5.43 Å². The first-order chi connectivity index (χ1) is 16.0. The molecule has 0 radical (unpaired) electrons. The van der Waals surface area contributed by atoms with Crippen molar-refractivity contribution in [2.24, 2.45) is 5.10 Å². The summed E-state index contributed by atoms with van der Waals surface area (Å²) in [6.45, 7) is 0.484. The highest BCUT2D eigenvalue weighted by molar-refractivity contribution is 14.1. The molecule has 0 saturated heterocycles. The second-order valence-corrected chi connectivity index (χ2v) is 9.50. The first kappa shape index (κ1) is 23.5. The molecule has 4 aromatic rings. The van der Waals surface area contributed by atoms with E-state index in [0.29, 0.717) is 17.9 Å². The maximum Gasteiger partial charge on any atom is 0.271 e. The molecule has 0 aliphatic heterocycles. The second kappa shape index (κ2) is 11.0. The maximum atomic E-state index is 12.3. The van der Waals surface area contributed by atoms with Crippen molar-refractivity contribution in [1.82, 2.24) is 5.43 Å². The van der Waals surface area contributed by atoms with Gasteiger partial charge in [-0.1, -0.05) is 48.5 Å². The van der Waals surface area contributed by atoms with Gasteiger partial charge in [0.15, 0.2) is 0 Å². The Balaban J connectivity index is 1.44. The van der Waals surface area contributed by atoms with Crippen LogP contribution in [-0.2, 0) is 6.61 Å². The lowest BCUT2D eigenvalue weighted by Crippen LogP contribution is -2.17. The summed E-state index contributed by atoms with van der Waals surface area (Å²) in [5.41, 5.74) is 5.05. The molecule has 0 unspecified atom stereocenters. The molecule has 166 valence electrons. The van der Waals surface area contributed by atoms with Crippen LogP contribution in [0.1, 0.15) is 21.5 Å². The third-order valence-electron chi connectivity index (χ3n) is 4.98. The Labute approximate surface area is 219 Å². The molecule has 7 heteroatoms. The van der Waals surface area contributed by atoms with Crippen molar-refractivity contribution in [2.45, 2.75) is 6.61 Å². The zero-order valence-corrected chi connectivity index (χ0v) is 22.0. The Bertz CT molecular complexity index is 1310. The van der Waals surface area contributed by atoms with Gasteiger partial charge >= 0.3 is 0 Å². The quantitative estimate of drug-likeness (QED) is 0.142. The largest absolute Gasteiger partial charge is 0.497 e. The Kier molecular flexibility index (Phi) is 7.81. The first-order valence-electron chi connectivity index (χ1n) is 10.1. The fourth-order valence-electron chi connectivity index (χ4n) is 3.35. The van der Waals surface area contributed by atoms with Gasteiger partial charge in [0.05, 0.1) is 20.5 Å². The van der Waals surface area contributed by atoms with Crippen LogP contribution in [0.25, 0.3) is 10.8 Å². The van der Waals surface area contributed by atoms with Crippen molar-refractivity contribution in [3.63, 3.8) is 0 Å². The fraction of sp³-hybridized carbons (Fsp3) is 0.0769. The Morgan fingerprint density at radius 2 is 1.70 bits per heavy atom. The SMILES string of the molecule is COc1cccc(C(=O)N/N=C\c2cc(I)c(OCc3cccc4ccccc34)c(I)c2)c1. The minimum atomic E-state index is -0.301. The van der Waals surface area contributed by atoms with E-state index in [1.165, 1.54) is 10.8 Å². The number of carbonyl (C=O) groups is 1. The van der Waals surface area contributed by atoms with Crippen molar-refractivity contribution >= 4 is 68.1 Å². The number of fused-ring (bicyclic) bond motifs is 1. The predicted molar refractivity (Wildman–Crippen MR) is 148 cm³/mol. The lowest BCUT2D eigenvalue weighted by Gasteiger charge is -2.13. The van der Waals surface area contributed by atoms with Gasteiger partial charge in [0.1, 0.15) is 18.1 Å². The lowest BCUT2D eigenvalue weighted by molar-refractivity contribution is 0.0955. The molecule has 1 N–H and O–H groups in total. The van der Waals surface area contributed by atoms with Gasteiger partial charge in [0, 0.05) is 5.56 Å². The van der Waals surface area contributed by atoms with Crippen LogP contribution >= 0.6 is 45.2 Å². The van der Waals surface area contributed by atoms with Gasteiger partial charge in [0.25, 0.3) is 5.91 Å². The molecule has 1 amide bonds. The molecule has 0 atom stereocenters. The van der Waals surface area contributed by atoms with Gasteiger partial charge in [-0.05, 0) is 97.4 Å². The number of rotatable bonds is 7. The van der Waals surface area contributed by atoms with Gasteiger partial charge in [-0.3, -0.25) is 4.79 Å². The van der Waals surface area contributed by atoms with Gasteiger partial charge in [0.2, 0.25) is 0 Å². The van der Waals surface area contributed by atoms with Crippen LogP contribution < -0.4 is 14.9 Å². The number of hydrazone groups is 1. The van der Waals surface area contributed by atoms with Crippen LogP contribution in [0.15, 0.2) is 84.0 Å². The van der Waals surface area contributed by atoms with Crippen LogP contribution in [0.2, 0.25) is 0 Å². The van der Waals surface area contributed by atoms with Gasteiger partial charge < -0.3 is 9.47 Å². The molecule has 0 bridgehead atoms. The Hall–Kier alpha value is -2.66. The number of amides is 1. The van der Waals surface area contributed by atoms with Crippen molar-refractivity contribution < 1.29 is 14.3 Å². The summed E-state index contributed by atoms with van der Waals surface area (Å²) in [4.78, 5) is 12.3. The molecule has 4 aromatic carbocycles. The molecular weight excluding hydrogens is 642 g/mol. The molecule has 0 aliphatic rings. The number of benzene rings is 4. The number of ether oxygens (including phenoxy) is 2. The van der Waals surface area contributed by atoms with E-state index in [4.69, 9.17) is 9.47 Å². The smallest absolute Gasteiger partial charge is 0.271 e. The molecule has 0 aliphatic carbocycles. The average Bonchev–Trinajstić information content (AvgIpc) is 2.83. The van der Waals surface area contributed by atoms with E-state index in [0.717, 1.165) is 24.0 Å². The van der Waals surface area contributed by atoms with E-state index in [1.807, 2.05) is 24.3 Å². The summed E-state index contributed by atoms with van der Waals surface area (Å²) in [6, 6.07) is 25.4. The number of hydrogen-bond acceptors (Lipinski definition) is 4. The molecule has 0 aromatic heterocycles. The normalized spacial score (nSPS) is 11.0. The summed E-state index contributed by atoms with van der Waals surface area (Å²) < 4.78 is 13.3. The minimum Gasteiger partial charge on any atom is -0.497 e. The third-order valence-corrected chi connectivity index (χ3v) is 6.59. The number of hydrogen-bond donors (Lipinski definition) is 1. The van der Waals surface area contributed by atoms with Crippen molar-refractivity contribution in [3.8, 4) is 11.5 Å². The highest BCUT2D eigenvalue weighted by Gasteiger charge is 2.10. The fourth-order valence-corrected chi connectivity index (χ4v) is 5.48. The van der Waals surface area contributed by atoms with Gasteiger partial charge in [-0.2, -0.15) is 5.10 Å². The number of carbonyl (C=O) groups excluding carboxylic acids is 1. The Morgan fingerprint density at radius 1 is 0.970 bits per heavy atom. The van der Waals surface area contributed by atoms with Crippen molar-refractivity contribution in [2.75, 3.05) is 7.11 Å². The molecule has 0 saturated carbocycles. The van der Waals surface area contributed by atoms with Crippen molar-refractivity contribution in [1.29, 1.82) is 0 Å². The summed E-state index contributed by atoms with van der Waals surface area (Å²) in [5.74, 6) is 1.15. The molecule has 0 fully saturated rings. The summed E-state index contributed by atoms with van der Waals surface area (Å²) in [6.07, 6.45) is 1.62. The van der Waals surface area contributed by atoms with E-state index < -0.39 is 0 Å². The standard InChI is InChI=1S/C26H20I2N2O3/c1-32-21-10-5-8-19(14-21)26(31)30-29-15-17-12-23(27)25(24(28)13-17)33-16-20-9-4-7-18-6-2-3-11-22(18)20/h2-15H,16H2,1H3,(H,30,31)/b29-15-. The summed E-state index contributed by atoms with van der Waals surface area (Å²) in [5, 5.41) is 6.49. The average molecular weight is 662 g/mol. The number of nitrogens with one attached hydrogen (secondary N) is 1. The third kappa shape index (κ3) is 5.83. The second-order valence-electron chi connectivity index (χ2n) is 7.17. The minimum absolute atomic E-state index is 0.301. The molecule has 33 heavy (non-hydrogen) atoms. The highest BCUT2D eigenvalue weighted by Crippen LogP contribution is 2.30. The van der Waals surface area contributed by atoms with Crippen LogP contribution in [-0.4, -0.2) is 19.2 Å². The highest BCUT2D eigenvalue weighted by atomic mass is 127. The summed E-state index contributed by atoms with van der Waals surface area (Å²) in [7, 11) is 1.56. The summed E-state index contributed by atoms with van der Waals surface area (Å²) >= 11 is 4.52. The van der Waals surface area contributed by atoms with Gasteiger partial charge in [-0.15, -0.1) is 0 Å². The zero-order valence-electron chi connectivity index (χ0n) is 17.7.